The Morgan fingerprint density at radius 1 is 1.37 bits per heavy atom. The number of aliphatic imine (C=N–C) groups is 1. The van der Waals surface area contributed by atoms with E-state index in [0.717, 1.165) is 31.3 Å². The van der Waals surface area contributed by atoms with Crippen LogP contribution in [0.4, 0.5) is 0 Å². The third kappa shape index (κ3) is 2.60. The number of guanidine groups is 1. The second-order valence-corrected chi connectivity index (χ2v) is 7.22. The van der Waals surface area contributed by atoms with Gasteiger partial charge in [0.2, 0.25) is 5.96 Å². The molecular weight excluding hydrogens is 236 g/mol. The van der Waals surface area contributed by atoms with E-state index in [2.05, 4.69) is 43.4 Å². The molecule has 0 aromatic heterocycles. The van der Waals surface area contributed by atoms with Crippen LogP contribution in [-0.2, 0) is 0 Å². The molecule has 4 heteroatoms. The molecule has 0 aliphatic heterocycles. The number of fused-ring (bicyclic) bond motifs is 2. The molecule has 0 radical (unpaired) electrons. The lowest BCUT2D eigenvalue weighted by atomic mass is 9.68. The number of nitrogens with zero attached hydrogens (tertiary/aromatic N) is 1. The highest BCUT2D eigenvalue weighted by Gasteiger charge is 2.59. The van der Waals surface area contributed by atoms with E-state index < -0.39 is 0 Å². The lowest BCUT2D eigenvalue weighted by Crippen LogP contribution is -2.56. The molecule has 2 saturated carbocycles. The SMILES string of the molecule is CCCCN=C(NN)NC1C2(C)CCC(C2)C1(C)C. The van der Waals surface area contributed by atoms with Crippen molar-refractivity contribution in [3.63, 3.8) is 0 Å². The fraction of sp³-hybridized carbons (Fsp3) is 0.933. The molecule has 2 aliphatic rings. The summed E-state index contributed by atoms with van der Waals surface area (Å²) < 4.78 is 0. The first-order valence-electron chi connectivity index (χ1n) is 7.71. The van der Waals surface area contributed by atoms with Gasteiger partial charge in [-0.25, -0.2) is 5.84 Å². The van der Waals surface area contributed by atoms with Gasteiger partial charge < -0.3 is 5.32 Å². The normalized spacial score (nSPS) is 36.6. The van der Waals surface area contributed by atoms with Crippen LogP contribution < -0.4 is 16.6 Å². The standard InChI is InChI=1S/C15H30N4/c1-5-6-9-17-13(19-16)18-12-14(2,3)11-7-8-15(12,4)10-11/h11-12H,5-10,16H2,1-4H3,(H2,17,18,19). The number of hydrogen-bond acceptors (Lipinski definition) is 2. The van der Waals surface area contributed by atoms with E-state index in [1.165, 1.54) is 19.3 Å². The van der Waals surface area contributed by atoms with Crippen molar-refractivity contribution < 1.29 is 0 Å². The smallest absolute Gasteiger partial charge is 0.205 e. The summed E-state index contributed by atoms with van der Waals surface area (Å²) in [7, 11) is 0. The van der Waals surface area contributed by atoms with E-state index in [4.69, 9.17) is 5.84 Å². The molecule has 0 heterocycles. The number of nitrogens with one attached hydrogen (secondary N) is 2. The Labute approximate surface area is 117 Å². The summed E-state index contributed by atoms with van der Waals surface area (Å²) in [6.45, 7) is 10.2. The van der Waals surface area contributed by atoms with Crippen molar-refractivity contribution in [2.45, 2.75) is 65.8 Å². The first-order valence-corrected chi connectivity index (χ1v) is 7.71. The molecule has 2 aliphatic carbocycles. The minimum Gasteiger partial charge on any atom is -0.351 e. The summed E-state index contributed by atoms with van der Waals surface area (Å²) in [5.74, 6) is 7.22. The predicted molar refractivity (Wildman–Crippen MR) is 80.7 cm³/mol. The average molecular weight is 266 g/mol. The van der Waals surface area contributed by atoms with Crippen LogP contribution in [0, 0.1) is 16.7 Å². The Morgan fingerprint density at radius 3 is 2.63 bits per heavy atom. The van der Waals surface area contributed by atoms with E-state index in [9.17, 15) is 0 Å². The maximum Gasteiger partial charge on any atom is 0.205 e. The monoisotopic (exact) mass is 266 g/mol. The zero-order valence-electron chi connectivity index (χ0n) is 12.9. The molecular formula is C15H30N4. The number of hydrazine groups is 1. The lowest BCUT2D eigenvalue weighted by Gasteiger charge is -2.43. The second kappa shape index (κ2) is 5.31. The number of nitrogens with two attached hydrogens (primary N) is 1. The predicted octanol–water partition coefficient (Wildman–Crippen LogP) is 2.41. The minimum atomic E-state index is 0.329. The zero-order valence-corrected chi connectivity index (χ0v) is 12.9. The van der Waals surface area contributed by atoms with Crippen LogP contribution in [0.5, 0.6) is 0 Å². The summed E-state index contributed by atoms with van der Waals surface area (Å²) in [5.41, 5.74) is 3.47. The third-order valence-electron chi connectivity index (χ3n) is 5.47. The highest BCUT2D eigenvalue weighted by atomic mass is 15.3. The molecule has 4 N–H and O–H groups in total. The molecule has 19 heavy (non-hydrogen) atoms. The highest BCUT2D eigenvalue weighted by molar-refractivity contribution is 5.79. The fourth-order valence-electron chi connectivity index (χ4n) is 4.28. The molecule has 3 unspecified atom stereocenters. The molecule has 0 spiro atoms. The van der Waals surface area contributed by atoms with Gasteiger partial charge in [0, 0.05) is 12.6 Å². The molecule has 4 nitrogen and oxygen atoms in total. The van der Waals surface area contributed by atoms with Gasteiger partial charge in [-0.05, 0) is 42.4 Å². The van der Waals surface area contributed by atoms with E-state index in [1.807, 2.05) is 0 Å². The van der Waals surface area contributed by atoms with Crippen LogP contribution in [0.1, 0.15) is 59.8 Å². The number of rotatable bonds is 4. The van der Waals surface area contributed by atoms with E-state index in [1.54, 1.807) is 0 Å². The molecule has 0 aromatic carbocycles. The van der Waals surface area contributed by atoms with Crippen molar-refractivity contribution in [3.8, 4) is 0 Å². The van der Waals surface area contributed by atoms with Gasteiger partial charge in [0.1, 0.15) is 0 Å². The summed E-state index contributed by atoms with van der Waals surface area (Å²) in [4.78, 5) is 4.55. The zero-order chi connectivity index (χ0) is 14.1. The molecule has 0 amide bonds. The fourth-order valence-corrected chi connectivity index (χ4v) is 4.28. The summed E-state index contributed by atoms with van der Waals surface area (Å²) >= 11 is 0. The van der Waals surface area contributed by atoms with Crippen molar-refractivity contribution in [3.05, 3.63) is 0 Å². The van der Waals surface area contributed by atoms with Gasteiger partial charge in [-0.1, -0.05) is 34.1 Å². The van der Waals surface area contributed by atoms with Crippen LogP contribution in [0.2, 0.25) is 0 Å². The lowest BCUT2D eigenvalue weighted by molar-refractivity contribution is 0.124. The van der Waals surface area contributed by atoms with Gasteiger partial charge >= 0.3 is 0 Å². The largest absolute Gasteiger partial charge is 0.351 e. The quantitative estimate of drug-likeness (QED) is 0.241. The summed E-state index contributed by atoms with van der Waals surface area (Å²) in [6.07, 6.45) is 6.31. The first-order chi connectivity index (χ1) is 8.94. The van der Waals surface area contributed by atoms with Gasteiger partial charge in [0.25, 0.3) is 0 Å². The molecule has 2 bridgehead atoms. The molecule has 2 fully saturated rings. The van der Waals surface area contributed by atoms with Crippen molar-refractivity contribution in [2.24, 2.45) is 27.6 Å². The molecule has 0 aromatic rings. The van der Waals surface area contributed by atoms with Crippen LogP contribution in [0.3, 0.4) is 0 Å². The van der Waals surface area contributed by atoms with E-state index in [-0.39, 0.29) is 0 Å². The Morgan fingerprint density at radius 2 is 2.11 bits per heavy atom. The van der Waals surface area contributed by atoms with Gasteiger partial charge in [0.05, 0.1) is 0 Å². The Hall–Kier alpha value is -0.770. The van der Waals surface area contributed by atoms with E-state index >= 15 is 0 Å². The van der Waals surface area contributed by atoms with Gasteiger partial charge in [-0.3, -0.25) is 10.4 Å². The van der Waals surface area contributed by atoms with Gasteiger partial charge in [-0.2, -0.15) is 0 Å². The minimum absolute atomic E-state index is 0.329. The topological polar surface area (TPSA) is 62.4 Å². The number of hydrogen-bond donors (Lipinski definition) is 3. The van der Waals surface area contributed by atoms with Crippen LogP contribution in [0.15, 0.2) is 4.99 Å². The molecule has 2 rings (SSSR count). The van der Waals surface area contributed by atoms with Gasteiger partial charge in [-0.15, -0.1) is 0 Å². The summed E-state index contributed by atoms with van der Waals surface area (Å²) in [5, 5.41) is 3.60. The van der Waals surface area contributed by atoms with Crippen LogP contribution in [0.25, 0.3) is 0 Å². The van der Waals surface area contributed by atoms with E-state index in [0.29, 0.717) is 16.9 Å². The van der Waals surface area contributed by atoms with Crippen LogP contribution >= 0.6 is 0 Å². The second-order valence-electron chi connectivity index (χ2n) is 7.22. The number of unbranched alkanes of at least 4 members (excludes halogenated alkanes) is 1. The maximum atomic E-state index is 5.62. The molecule has 3 atom stereocenters. The average Bonchev–Trinajstić information content (AvgIpc) is 2.83. The third-order valence-corrected chi connectivity index (χ3v) is 5.47. The first kappa shape index (κ1) is 14.6. The Bertz CT molecular complexity index is 345. The van der Waals surface area contributed by atoms with Crippen molar-refractivity contribution >= 4 is 5.96 Å². The van der Waals surface area contributed by atoms with Crippen molar-refractivity contribution in [1.29, 1.82) is 0 Å². The van der Waals surface area contributed by atoms with Crippen molar-refractivity contribution in [1.82, 2.24) is 10.7 Å². The molecule has 110 valence electrons. The Balaban J connectivity index is 2.06. The molecule has 0 saturated heterocycles. The van der Waals surface area contributed by atoms with Gasteiger partial charge in [0.15, 0.2) is 0 Å². The summed E-state index contributed by atoms with van der Waals surface area (Å²) in [6, 6.07) is 0.468. The maximum absolute atomic E-state index is 5.62. The Kier molecular flexibility index (Phi) is 4.09. The van der Waals surface area contributed by atoms with Crippen LogP contribution in [-0.4, -0.2) is 18.5 Å². The highest BCUT2D eigenvalue weighted by Crippen LogP contribution is 2.62. The van der Waals surface area contributed by atoms with Crippen molar-refractivity contribution in [2.75, 3.05) is 6.54 Å².